The van der Waals surface area contributed by atoms with Gasteiger partial charge in [0.1, 0.15) is 0 Å². The van der Waals surface area contributed by atoms with Crippen LogP contribution in [0.4, 0.5) is 0 Å². The second-order valence-electron chi connectivity index (χ2n) is 5.61. The van der Waals surface area contributed by atoms with Crippen LogP contribution in [-0.2, 0) is 0 Å². The Labute approximate surface area is 126 Å². The van der Waals surface area contributed by atoms with Crippen molar-refractivity contribution in [3.8, 4) is 11.8 Å². The molecule has 0 radical (unpaired) electrons. The minimum Gasteiger partial charge on any atom is -0.395 e. The topological polar surface area (TPSA) is 49.3 Å². The lowest BCUT2D eigenvalue weighted by Crippen LogP contribution is -2.34. The van der Waals surface area contributed by atoms with Gasteiger partial charge in [0.25, 0.3) is 5.91 Å². The number of benzene rings is 1. The fourth-order valence-corrected chi connectivity index (χ4v) is 2.31. The van der Waals surface area contributed by atoms with Crippen molar-refractivity contribution in [2.45, 2.75) is 45.1 Å². The molecule has 1 amide bonds. The summed E-state index contributed by atoms with van der Waals surface area (Å²) in [6, 6.07) is 7.62. The van der Waals surface area contributed by atoms with Gasteiger partial charge in [-0.1, -0.05) is 37.7 Å². The lowest BCUT2D eigenvalue weighted by atomic mass is 10.1. The molecule has 0 heterocycles. The van der Waals surface area contributed by atoms with Crippen LogP contribution in [-0.4, -0.2) is 23.7 Å². The van der Waals surface area contributed by atoms with Gasteiger partial charge in [-0.05, 0) is 37.0 Å². The average Bonchev–Trinajstić information content (AvgIpc) is 3.31. The number of aliphatic hydroxyl groups is 1. The van der Waals surface area contributed by atoms with Crippen LogP contribution in [0.15, 0.2) is 24.3 Å². The fourth-order valence-electron chi connectivity index (χ4n) is 2.31. The Morgan fingerprint density at radius 1 is 1.48 bits per heavy atom. The quantitative estimate of drug-likeness (QED) is 0.790. The number of hydrogen-bond acceptors (Lipinski definition) is 2. The highest BCUT2D eigenvalue weighted by atomic mass is 16.2. The number of amides is 1. The van der Waals surface area contributed by atoms with Gasteiger partial charge in [-0.2, -0.15) is 0 Å². The van der Waals surface area contributed by atoms with Crippen LogP contribution < -0.4 is 5.32 Å². The monoisotopic (exact) mass is 285 g/mol. The lowest BCUT2D eigenvalue weighted by molar-refractivity contribution is 0.0932. The Morgan fingerprint density at radius 3 is 2.95 bits per heavy atom. The third-order valence-electron chi connectivity index (χ3n) is 3.74. The van der Waals surface area contributed by atoms with E-state index in [2.05, 4.69) is 24.1 Å². The van der Waals surface area contributed by atoms with Crippen molar-refractivity contribution in [1.82, 2.24) is 5.32 Å². The van der Waals surface area contributed by atoms with E-state index in [0.29, 0.717) is 12.0 Å². The summed E-state index contributed by atoms with van der Waals surface area (Å²) in [6.45, 7) is 2.18. The van der Waals surface area contributed by atoms with Gasteiger partial charge in [0.15, 0.2) is 0 Å². The van der Waals surface area contributed by atoms with E-state index in [1.54, 1.807) is 0 Å². The van der Waals surface area contributed by atoms with Crippen molar-refractivity contribution in [1.29, 1.82) is 0 Å². The summed E-state index contributed by atoms with van der Waals surface area (Å²) in [4.78, 5) is 12.3. The van der Waals surface area contributed by atoms with Crippen LogP contribution in [0.3, 0.4) is 0 Å². The van der Waals surface area contributed by atoms with Crippen molar-refractivity contribution in [2.75, 3.05) is 6.61 Å². The van der Waals surface area contributed by atoms with Crippen molar-refractivity contribution >= 4 is 5.91 Å². The maximum absolute atomic E-state index is 12.3. The molecule has 112 valence electrons. The normalized spacial score (nSPS) is 15.0. The molecule has 0 aliphatic heterocycles. The minimum atomic E-state index is -0.0201. The Bertz CT molecular complexity index is 538. The van der Waals surface area contributed by atoms with Gasteiger partial charge >= 0.3 is 0 Å². The average molecular weight is 285 g/mol. The second kappa shape index (κ2) is 7.85. The molecule has 2 rings (SSSR count). The molecular formula is C18H23NO2. The van der Waals surface area contributed by atoms with Gasteiger partial charge in [0, 0.05) is 23.6 Å². The summed E-state index contributed by atoms with van der Waals surface area (Å²) < 4.78 is 0. The molecule has 1 saturated carbocycles. The molecule has 0 saturated heterocycles. The minimum absolute atomic E-state index is 0.0201. The number of carbonyl (C=O) groups excluding carboxylic acids is 1. The van der Waals surface area contributed by atoms with Crippen LogP contribution in [0.2, 0.25) is 0 Å². The van der Waals surface area contributed by atoms with Crippen molar-refractivity contribution in [3.63, 3.8) is 0 Å². The molecule has 3 nitrogen and oxygen atoms in total. The van der Waals surface area contributed by atoms with Gasteiger partial charge in [-0.25, -0.2) is 0 Å². The van der Waals surface area contributed by atoms with Crippen molar-refractivity contribution in [2.24, 2.45) is 5.92 Å². The molecule has 21 heavy (non-hydrogen) atoms. The molecule has 0 aromatic heterocycles. The molecule has 1 aromatic rings. The highest BCUT2D eigenvalue weighted by Gasteiger charge is 2.25. The van der Waals surface area contributed by atoms with E-state index in [0.717, 1.165) is 24.3 Å². The van der Waals surface area contributed by atoms with Gasteiger partial charge in [0.05, 0.1) is 6.61 Å². The number of hydrogen-bond donors (Lipinski definition) is 2. The van der Waals surface area contributed by atoms with E-state index in [9.17, 15) is 4.79 Å². The Balaban J connectivity index is 1.97. The predicted octanol–water partition coefficient (Wildman–Crippen LogP) is 2.73. The number of carbonyl (C=O) groups is 1. The first-order valence-corrected chi connectivity index (χ1v) is 7.73. The Kier molecular flexibility index (Phi) is 5.83. The zero-order chi connectivity index (χ0) is 15.1. The number of rotatable bonds is 6. The molecule has 1 atom stereocenters. The zero-order valence-corrected chi connectivity index (χ0v) is 12.6. The fraction of sp³-hybridized carbons (Fsp3) is 0.500. The number of nitrogens with one attached hydrogen (secondary N) is 1. The number of aliphatic hydroxyl groups excluding tert-OH is 1. The maximum Gasteiger partial charge on any atom is 0.251 e. The van der Waals surface area contributed by atoms with Crippen LogP contribution in [0, 0.1) is 17.8 Å². The van der Waals surface area contributed by atoms with Crippen LogP contribution in [0.1, 0.15) is 54.9 Å². The van der Waals surface area contributed by atoms with Crippen molar-refractivity contribution in [3.05, 3.63) is 35.4 Å². The first-order chi connectivity index (χ1) is 10.2. The van der Waals surface area contributed by atoms with E-state index in [1.807, 2.05) is 24.3 Å². The zero-order valence-electron chi connectivity index (χ0n) is 12.6. The second-order valence-corrected chi connectivity index (χ2v) is 5.61. The summed E-state index contributed by atoms with van der Waals surface area (Å²) in [5.41, 5.74) is 1.46. The van der Waals surface area contributed by atoms with E-state index < -0.39 is 0 Å². The third-order valence-corrected chi connectivity index (χ3v) is 3.74. The van der Waals surface area contributed by atoms with Crippen LogP contribution in [0.5, 0.6) is 0 Å². The van der Waals surface area contributed by atoms with Crippen LogP contribution in [0.25, 0.3) is 0 Å². The molecule has 0 bridgehead atoms. The maximum atomic E-state index is 12.3. The summed E-state index contributed by atoms with van der Waals surface area (Å²) in [6.07, 6.45) is 5.14. The summed E-state index contributed by atoms with van der Waals surface area (Å²) in [7, 11) is 0. The van der Waals surface area contributed by atoms with Crippen molar-refractivity contribution < 1.29 is 9.90 Å². The molecule has 0 spiro atoms. The third kappa shape index (κ3) is 5.24. The van der Waals surface area contributed by atoms with E-state index in [4.69, 9.17) is 5.11 Å². The van der Waals surface area contributed by atoms with Gasteiger partial charge in [-0.15, -0.1) is 0 Å². The molecule has 1 aliphatic rings. The van der Waals surface area contributed by atoms with E-state index in [1.165, 1.54) is 12.8 Å². The molecule has 2 N–H and O–H groups in total. The highest BCUT2D eigenvalue weighted by molar-refractivity contribution is 5.94. The first kappa shape index (κ1) is 15.6. The molecular weight excluding hydrogens is 262 g/mol. The predicted molar refractivity (Wildman–Crippen MR) is 83.9 cm³/mol. The van der Waals surface area contributed by atoms with Crippen LogP contribution >= 0.6 is 0 Å². The summed E-state index contributed by atoms with van der Waals surface area (Å²) in [5.74, 6) is 6.62. The van der Waals surface area contributed by atoms with Gasteiger partial charge in [0.2, 0.25) is 0 Å². The molecule has 1 unspecified atom stereocenters. The molecule has 1 fully saturated rings. The first-order valence-electron chi connectivity index (χ1n) is 7.73. The molecule has 1 aromatic carbocycles. The van der Waals surface area contributed by atoms with Gasteiger partial charge in [-0.3, -0.25) is 4.79 Å². The summed E-state index contributed by atoms with van der Waals surface area (Å²) >= 11 is 0. The Morgan fingerprint density at radius 2 is 2.29 bits per heavy atom. The molecule has 1 aliphatic carbocycles. The summed E-state index contributed by atoms with van der Waals surface area (Å²) in [5, 5.41) is 11.8. The Hall–Kier alpha value is -1.79. The van der Waals surface area contributed by atoms with Gasteiger partial charge < -0.3 is 10.4 Å². The molecule has 3 heteroatoms. The smallest absolute Gasteiger partial charge is 0.251 e. The lowest BCUT2D eigenvalue weighted by Gasteiger charge is -2.16. The largest absolute Gasteiger partial charge is 0.395 e. The highest BCUT2D eigenvalue weighted by Crippen LogP contribution is 2.34. The van der Waals surface area contributed by atoms with E-state index in [-0.39, 0.29) is 18.6 Å². The standard InChI is InChI=1S/C18H23NO2/c1-2-17(13-15-9-10-15)19-18(21)16-8-5-7-14(12-16)6-3-4-11-20/h5,7-8,12,15,17,20H,2,4,9-11,13H2,1H3,(H,19,21). The van der Waals surface area contributed by atoms with E-state index >= 15 is 0 Å². The SMILES string of the molecule is CCC(CC1CC1)NC(=O)c1cccc(C#CCCO)c1.